The molecule has 0 spiro atoms. The summed E-state index contributed by atoms with van der Waals surface area (Å²) in [5.74, 6) is 1.04. The van der Waals surface area contributed by atoms with Crippen LogP contribution in [0.3, 0.4) is 0 Å². The highest BCUT2D eigenvalue weighted by Gasteiger charge is 2.09. The van der Waals surface area contributed by atoms with Crippen molar-refractivity contribution in [2.24, 2.45) is 5.92 Å². The number of para-hydroxylation sites is 1. The van der Waals surface area contributed by atoms with E-state index >= 15 is 0 Å². The van der Waals surface area contributed by atoms with E-state index in [1.807, 2.05) is 44.2 Å². The number of nitrogens with zero attached hydrogens (tertiary/aromatic N) is 2. The van der Waals surface area contributed by atoms with Crippen LogP contribution in [0.25, 0.3) is 0 Å². The Morgan fingerprint density at radius 3 is 2.75 bits per heavy atom. The highest BCUT2D eigenvalue weighted by atomic mass is 16.5. The minimum Gasteiger partial charge on any atom is -0.471 e. The van der Waals surface area contributed by atoms with E-state index in [0.29, 0.717) is 18.2 Å². The highest BCUT2D eigenvalue weighted by Crippen LogP contribution is 2.09. The van der Waals surface area contributed by atoms with Crippen LogP contribution in [0.15, 0.2) is 42.6 Å². The number of aromatic nitrogens is 2. The molecule has 0 aliphatic rings. The molecule has 0 radical (unpaired) electrons. The van der Waals surface area contributed by atoms with Crippen LogP contribution in [-0.4, -0.2) is 22.2 Å². The number of benzene rings is 1. The zero-order valence-corrected chi connectivity index (χ0v) is 11.7. The molecule has 0 unspecified atom stereocenters. The van der Waals surface area contributed by atoms with E-state index < -0.39 is 0 Å². The van der Waals surface area contributed by atoms with Crippen LogP contribution in [0.1, 0.15) is 24.3 Å². The summed E-state index contributed by atoms with van der Waals surface area (Å²) in [7, 11) is 0. The zero-order valence-electron chi connectivity index (χ0n) is 11.7. The first-order chi connectivity index (χ1) is 9.65. The van der Waals surface area contributed by atoms with Crippen LogP contribution in [0, 0.1) is 5.92 Å². The molecular weight excluding hydrogens is 254 g/mol. The van der Waals surface area contributed by atoms with Crippen LogP contribution in [-0.2, 0) is 6.73 Å². The molecule has 0 aliphatic heterocycles. The predicted molar refractivity (Wildman–Crippen MR) is 76.5 cm³/mol. The van der Waals surface area contributed by atoms with Gasteiger partial charge in [0.1, 0.15) is 11.4 Å². The monoisotopic (exact) mass is 273 g/mol. The lowest BCUT2D eigenvalue weighted by Crippen LogP contribution is -2.27. The third kappa shape index (κ3) is 4.12. The fourth-order valence-corrected chi connectivity index (χ4v) is 1.60. The summed E-state index contributed by atoms with van der Waals surface area (Å²) in [6.45, 7) is 5.02. The molecular formula is C15H19N3O2. The summed E-state index contributed by atoms with van der Waals surface area (Å²) in [4.78, 5) is 11.8. The van der Waals surface area contributed by atoms with Crippen molar-refractivity contribution in [3.63, 3.8) is 0 Å². The number of amides is 1. The Balaban J connectivity index is 1.87. The van der Waals surface area contributed by atoms with Gasteiger partial charge in [-0.05, 0) is 24.1 Å². The number of ether oxygens (including phenoxy) is 1. The van der Waals surface area contributed by atoms with Gasteiger partial charge in [-0.3, -0.25) is 4.79 Å². The molecule has 5 heteroatoms. The van der Waals surface area contributed by atoms with Crippen molar-refractivity contribution in [2.75, 3.05) is 6.54 Å². The molecule has 0 saturated heterocycles. The van der Waals surface area contributed by atoms with Gasteiger partial charge in [0, 0.05) is 12.7 Å². The van der Waals surface area contributed by atoms with E-state index in [0.717, 1.165) is 5.75 Å². The molecule has 20 heavy (non-hydrogen) atoms. The SMILES string of the molecule is CC(C)CNC(=O)c1ccn(COc2ccccc2)n1. The zero-order chi connectivity index (χ0) is 14.4. The second kappa shape index (κ2) is 6.75. The third-order valence-electron chi connectivity index (χ3n) is 2.65. The molecule has 0 bridgehead atoms. The molecule has 106 valence electrons. The third-order valence-corrected chi connectivity index (χ3v) is 2.65. The fourth-order valence-electron chi connectivity index (χ4n) is 1.60. The Hall–Kier alpha value is -2.30. The standard InChI is InChI=1S/C15H19N3O2/c1-12(2)10-16-15(19)14-8-9-18(17-14)11-20-13-6-4-3-5-7-13/h3-9,12H,10-11H2,1-2H3,(H,16,19). The lowest BCUT2D eigenvalue weighted by molar-refractivity contribution is 0.0942. The molecule has 2 aromatic rings. The maximum absolute atomic E-state index is 11.8. The average molecular weight is 273 g/mol. The predicted octanol–water partition coefficient (Wildman–Crippen LogP) is 2.31. The van der Waals surface area contributed by atoms with Gasteiger partial charge < -0.3 is 10.1 Å². The van der Waals surface area contributed by atoms with Gasteiger partial charge in [0.05, 0.1) is 0 Å². The van der Waals surface area contributed by atoms with Crippen molar-refractivity contribution >= 4 is 5.91 Å². The summed E-state index contributed by atoms with van der Waals surface area (Å²) < 4.78 is 7.15. The van der Waals surface area contributed by atoms with Gasteiger partial charge >= 0.3 is 0 Å². The second-order valence-electron chi connectivity index (χ2n) is 4.93. The van der Waals surface area contributed by atoms with Crippen LogP contribution in [0.4, 0.5) is 0 Å². The highest BCUT2D eigenvalue weighted by molar-refractivity contribution is 5.92. The van der Waals surface area contributed by atoms with Crippen molar-refractivity contribution in [1.29, 1.82) is 0 Å². The summed E-state index contributed by atoms with van der Waals surface area (Å²) in [6.07, 6.45) is 1.73. The molecule has 0 atom stereocenters. The molecule has 1 aromatic heterocycles. The smallest absolute Gasteiger partial charge is 0.271 e. The lowest BCUT2D eigenvalue weighted by Gasteiger charge is -2.06. The van der Waals surface area contributed by atoms with Crippen molar-refractivity contribution < 1.29 is 9.53 Å². The van der Waals surface area contributed by atoms with Gasteiger partial charge in [0.2, 0.25) is 0 Å². The summed E-state index contributed by atoms with van der Waals surface area (Å²) in [5, 5.41) is 7.01. The largest absolute Gasteiger partial charge is 0.471 e. The maximum Gasteiger partial charge on any atom is 0.271 e. The maximum atomic E-state index is 11.8. The number of nitrogens with one attached hydrogen (secondary N) is 1. The van der Waals surface area contributed by atoms with E-state index in [4.69, 9.17) is 4.74 Å². The molecule has 2 rings (SSSR count). The Morgan fingerprint density at radius 2 is 2.05 bits per heavy atom. The van der Waals surface area contributed by atoms with Crippen LogP contribution >= 0.6 is 0 Å². The number of carbonyl (C=O) groups is 1. The Bertz CT molecular complexity index is 549. The van der Waals surface area contributed by atoms with Crippen molar-refractivity contribution in [3.8, 4) is 5.75 Å². The first-order valence-corrected chi connectivity index (χ1v) is 6.64. The Morgan fingerprint density at radius 1 is 1.30 bits per heavy atom. The van der Waals surface area contributed by atoms with E-state index in [1.165, 1.54) is 0 Å². The van der Waals surface area contributed by atoms with Gasteiger partial charge in [-0.15, -0.1) is 0 Å². The molecule has 0 saturated carbocycles. The molecule has 0 fully saturated rings. The summed E-state index contributed by atoms with van der Waals surface area (Å²) in [5.41, 5.74) is 0.405. The molecule has 1 aromatic carbocycles. The Kier molecular flexibility index (Phi) is 4.76. The van der Waals surface area contributed by atoms with Crippen molar-refractivity contribution in [1.82, 2.24) is 15.1 Å². The van der Waals surface area contributed by atoms with Gasteiger partial charge in [0.25, 0.3) is 5.91 Å². The van der Waals surface area contributed by atoms with Gasteiger partial charge in [-0.1, -0.05) is 32.0 Å². The molecule has 5 nitrogen and oxygen atoms in total. The number of carbonyl (C=O) groups excluding carboxylic acids is 1. The van der Waals surface area contributed by atoms with Crippen LogP contribution in [0.2, 0.25) is 0 Å². The first kappa shape index (κ1) is 14.1. The molecule has 1 amide bonds. The summed E-state index contributed by atoms with van der Waals surface area (Å²) >= 11 is 0. The second-order valence-corrected chi connectivity index (χ2v) is 4.93. The van der Waals surface area contributed by atoms with Crippen molar-refractivity contribution in [3.05, 3.63) is 48.3 Å². The first-order valence-electron chi connectivity index (χ1n) is 6.64. The normalized spacial score (nSPS) is 10.6. The number of hydrogen-bond acceptors (Lipinski definition) is 3. The minimum atomic E-state index is -0.155. The number of hydrogen-bond donors (Lipinski definition) is 1. The fraction of sp³-hybridized carbons (Fsp3) is 0.333. The van der Waals surface area contributed by atoms with E-state index in [1.54, 1.807) is 16.9 Å². The number of rotatable bonds is 6. The lowest BCUT2D eigenvalue weighted by atomic mass is 10.2. The topological polar surface area (TPSA) is 56.2 Å². The van der Waals surface area contributed by atoms with Crippen LogP contribution in [0.5, 0.6) is 5.75 Å². The van der Waals surface area contributed by atoms with Gasteiger partial charge in [-0.25, -0.2) is 4.68 Å². The van der Waals surface area contributed by atoms with E-state index in [-0.39, 0.29) is 12.6 Å². The average Bonchev–Trinajstić information content (AvgIpc) is 2.92. The molecule has 1 N–H and O–H groups in total. The molecule has 1 heterocycles. The summed E-state index contributed by atoms with van der Waals surface area (Å²) in [6, 6.07) is 11.2. The Labute approximate surface area is 118 Å². The quantitative estimate of drug-likeness (QED) is 0.878. The van der Waals surface area contributed by atoms with Gasteiger partial charge in [-0.2, -0.15) is 5.10 Å². The van der Waals surface area contributed by atoms with Crippen LogP contribution < -0.4 is 10.1 Å². The molecule has 0 aliphatic carbocycles. The van der Waals surface area contributed by atoms with E-state index in [2.05, 4.69) is 10.4 Å². The van der Waals surface area contributed by atoms with Crippen molar-refractivity contribution in [2.45, 2.75) is 20.6 Å². The van der Waals surface area contributed by atoms with E-state index in [9.17, 15) is 4.79 Å². The van der Waals surface area contributed by atoms with Gasteiger partial charge in [0.15, 0.2) is 6.73 Å². The minimum absolute atomic E-state index is 0.155.